The van der Waals surface area contributed by atoms with Crippen LogP contribution < -0.4 is 5.19 Å². The molecule has 2 rings (SSSR count). The fourth-order valence-electron chi connectivity index (χ4n) is 2.78. The number of hydrogen-bond donors (Lipinski definition) is 0. The van der Waals surface area contributed by atoms with Crippen LogP contribution in [0.1, 0.15) is 26.3 Å². The van der Waals surface area contributed by atoms with Crippen LogP contribution in [-0.2, 0) is 18.7 Å². The van der Waals surface area contributed by atoms with Crippen molar-refractivity contribution in [1.29, 1.82) is 0 Å². The lowest BCUT2D eigenvalue weighted by Crippen LogP contribution is -2.57. The van der Waals surface area contributed by atoms with Crippen LogP contribution in [0.5, 0.6) is 0 Å². The van der Waals surface area contributed by atoms with Crippen LogP contribution in [0.25, 0.3) is 10.8 Å². The zero-order valence-corrected chi connectivity index (χ0v) is 14.7. The second-order valence-electron chi connectivity index (χ2n) is 6.13. The molecule has 2 aromatic rings. The topological polar surface area (TPSA) is 27.7 Å². The van der Waals surface area contributed by atoms with E-state index >= 15 is 0 Å². The average Bonchev–Trinajstić information content (AvgIpc) is 2.48. The first kappa shape index (κ1) is 16.2. The molecule has 0 saturated heterocycles. The first-order valence-electron chi connectivity index (χ1n) is 7.08. The van der Waals surface area contributed by atoms with E-state index < -0.39 is 8.80 Å². The minimum atomic E-state index is -2.91. The van der Waals surface area contributed by atoms with Gasteiger partial charge in [0.25, 0.3) is 0 Å². The second-order valence-corrected chi connectivity index (χ2v) is 8.96. The van der Waals surface area contributed by atoms with E-state index in [9.17, 15) is 0 Å². The Balaban J connectivity index is 2.91. The van der Waals surface area contributed by atoms with E-state index in [1.54, 1.807) is 21.3 Å². The van der Waals surface area contributed by atoms with Crippen LogP contribution >= 0.6 is 0 Å². The Bertz CT molecular complexity index is 619. The molecule has 0 saturated carbocycles. The van der Waals surface area contributed by atoms with Gasteiger partial charge in [0, 0.05) is 26.5 Å². The van der Waals surface area contributed by atoms with Crippen molar-refractivity contribution < 1.29 is 13.3 Å². The van der Waals surface area contributed by atoms with Gasteiger partial charge in [0.15, 0.2) is 0 Å². The smallest absolute Gasteiger partial charge is 0.373 e. The average molecular weight is 304 g/mol. The monoisotopic (exact) mass is 304 g/mol. The van der Waals surface area contributed by atoms with E-state index in [0.717, 1.165) is 10.6 Å². The molecule has 0 fully saturated rings. The van der Waals surface area contributed by atoms with Crippen LogP contribution in [-0.4, -0.2) is 30.1 Å². The first-order chi connectivity index (χ1) is 9.89. The maximum Gasteiger partial charge on any atom is 0.537 e. The maximum atomic E-state index is 5.76. The van der Waals surface area contributed by atoms with Crippen LogP contribution in [0.2, 0.25) is 0 Å². The molecule has 114 valence electrons. The van der Waals surface area contributed by atoms with Crippen molar-refractivity contribution in [2.75, 3.05) is 21.3 Å². The van der Waals surface area contributed by atoms with Crippen molar-refractivity contribution in [2.24, 2.45) is 0 Å². The Hall–Kier alpha value is -1.20. The molecule has 0 unspecified atom stereocenters. The summed E-state index contributed by atoms with van der Waals surface area (Å²) in [4.78, 5) is 0. The van der Waals surface area contributed by atoms with E-state index in [1.165, 1.54) is 10.9 Å². The maximum absolute atomic E-state index is 5.76. The summed E-state index contributed by atoms with van der Waals surface area (Å²) in [6.07, 6.45) is 0. The molecule has 0 aliphatic rings. The Morgan fingerprint density at radius 2 is 1.38 bits per heavy atom. The summed E-state index contributed by atoms with van der Waals surface area (Å²) in [5, 5.41) is 3.38. The van der Waals surface area contributed by atoms with Gasteiger partial charge in [-0.25, -0.2) is 0 Å². The zero-order valence-electron chi connectivity index (χ0n) is 13.7. The molecule has 0 radical (unpaired) electrons. The summed E-state index contributed by atoms with van der Waals surface area (Å²) >= 11 is 0. The summed E-state index contributed by atoms with van der Waals surface area (Å²) in [6.45, 7) is 6.59. The van der Waals surface area contributed by atoms with Gasteiger partial charge in [-0.3, -0.25) is 0 Å². The lowest BCUT2D eigenvalue weighted by Gasteiger charge is -2.32. The van der Waals surface area contributed by atoms with Gasteiger partial charge in [-0.05, 0) is 21.8 Å². The third-order valence-corrected chi connectivity index (χ3v) is 6.61. The molecule has 0 spiro atoms. The third-order valence-electron chi connectivity index (χ3n) is 3.85. The van der Waals surface area contributed by atoms with Crippen LogP contribution in [0, 0.1) is 0 Å². The Labute approximate surface area is 128 Å². The van der Waals surface area contributed by atoms with Gasteiger partial charge in [-0.15, -0.1) is 0 Å². The standard InChI is InChI=1S/C17H24O3Si/c1-17(2,3)15-12-11-13-9-7-8-10-14(13)16(15)21(18-4,19-5)20-6/h7-12H,1-6H3. The lowest BCUT2D eigenvalue weighted by molar-refractivity contribution is 0.140. The summed E-state index contributed by atoms with van der Waals surface area (Å²) in [5.74, 6) is 0. The molecule has 0 N–H and O–H groups in total. The molecule has 0 heterocycles. The Morgan fingerprint density at radius 1 is 0.810 bits per heavy atom. The highest BCUT2D eigenvalue weighted by Gasteiger charge is 2.45. The molecule has 4 heteroatoms. The summed E-state index contributed by atoms with van der Waals surface area (Å²) in [6, 6.07) is 12.6. The van der Waals surface area contributed by atoms with Crippen LogP contribution in [0.15, 0.2) is 36.4 Å². The minimum Gasteiger partial charge on any atom is -0.373 e. The predicted molar refractivity (Wildman–Crippen MR) is 89.1 cm³/mol. The van der Waals surface area contributed by atoms with Crippen molar-refractivity contribution >= 4 is 24.8 Å². The van der Waals surface area contributed by atoms with Crippen molar-refractivity contribution in [3.63, 3.8) is 0 Å². The number of rotatable bonds is 4. The SMILES string of the molecule is CO[Si](OC)(OC)c1c(C(C)(C)C)ccc2ccccc12. The van der Waals surface area contributed by atoms with E-state index in [4.69, 9.17) is 13.3 Å². The van der Waals surface area contributed by atoms with E-state index in [-0.39, 0.29) is 5.41 Å². The largest absolute Gasteiger partial charge is 0.537 e. The van der Waals surface area contributed by atoms with Gasteiger partial charge in [0.1, 0.15) is 0 Å². The van der Waals surface area contributed by atoms with Gasteiger partial charge >= 0.3 is 8.80 Å². The van der Waals surface area contributed by atoms with Crippen molar-refractivity contribution in [3.8, 4) is 0 Å². The first-order valence-corrected chi connectivity index (χ1v) is 8.80. The Morgan fingerprint density at radius 3 is 1.90 bits per heavy atom. The fraction of sp³-hybridized carbons (Fsp3) is 0.412. The molecule has 0 bridgehead atoms. The van der Waals surface area contributed by atoms with Gasteiger partial charge in [-0.2, -0.15) is 0 Å². The summed E-state index contributed by atoms with van der Waals surface area (Å²) in [5.41, 5.74) is 1.19. The lowest BCUT2D eigenvalue weighted by atomic mass is 9.85. The van der Waals surface area contributed by atoms with E-state index in [1.807, 2.05) is 12.1 Å². The van der Waals surface area contributed by atoms with Gasteiger partial charge in [-0.1, -0.05) is 57.2 Å². The molecule has 21 heavy (non-hydrogen) atoms. The molecule has 0 aromatic heterocycles. The molecule has 2 aromatic carbocycles. The summed E-state index contributed by atoms with van der Waals surface area (Å²) < 4.78 is 17.3. The van der Waals surface area contributed by atoms with Crippen molar-refractivity contribution in [3.05, 3.63) is 42.0 Å². The zero-order chi connectivity index (χ0) is 15.7. The van der Waals surface area contributed by atoms with Crippen molar-refractivity contribution in [2.45, 2.75) is 26.2 Å². The molecule has 3 nitrogen and oxygen atoms in total. The second kappa shape index (κ2) is 5.89. The van der Waals surface area contributed by atoms with Crippen LogP contribution in [0.4, 0.5) is 0 Å². The molecule has 0 aliphatic carbocycles. The molecular weight excluding hydrogens is 280 g/mol. The van der Waals surface area contributed by atoms with Crippen LogP contribution in [0.3, 0.4) is 0 Å². The normalized spacial score (nSPS) is 12.9. The molecule has 0 amide bonds. The number of fused-ring (bicyclic) bond motifs is 1. The number of benzene rings is 2. The molecular formula is C17H24O3Si. The molecule has 0 atom stereocenters. The van der Waals surface area contributed by atoms with E-state index in [2.05, 4.69) is 45.0 Å². The quantitative estimate of drug-likeness (QED) is 0.812. The minimum absolute atomic E-state index is 0.0206. The molecule has 0 aliphatic heterocycles. The van der Waals surface area contributed by atoms with E-state index in [0.29, 0.717) is 0 Å². The van der Waals surface area contributed by atoms with Gasteiger partial charge in [0.2, 0.25) is 0 Å². The number of hydrogen-bond acceptors (Lipinski definition) is 3. The van der Waals surface area contributed by atoms with Crippen molar-refractivity contribution in [1.82, 2.24) is 0 Å². The highest BCUT2D eigenvalue weighted by atomic mass is 28.4. The predicted octanol–water partition coefficient (Wildman–Crippen LogP) is 3.22. The summed E-state index contributed by atoms with van der Waals surface area (Å²) in [7, 11) is 2.07. The third kappa shape index (κ3) is 2.76. The van der Waals surface area contributed by atoms with Gasteiger partial charge < -0.3 is 13.3 Å². The Kier molecular flexibility index (Phi) is 4.53. The highest BCUT2D eigenvalue weighted by Crippen LogP contribution is 2.28. The highest BCUT2D eigenvalue weighted by molar-refractivity contribution is 6.78. The van der Waals surface area contributed by atoms with Gasteiger partial charge in [0.05, 0.1) is 0 Å². The fourth-order valence-corrected chi connectivity index (χ4v) is 5.24.